The number of carbonyl (C=O) groups excluding carboxylic acids is 1. The van der Waals surface area contributed by atoms with Crippen LogP contribution in [0.1, 0.15) is 38.6 Å². The Morgan fingerprint density at radius 2 is 2.19 bits per heavy atom. The van der Waals surface area contributed by atoms with Crippen molar-refractivity contribution in [3.05, 3.63) is 40.0 Å². The van der Waals surface area contributed by atoms with Crippen molar-refractivity contribution in [2.75, 3.05) is 0 Å². The largest absolute Gasteiger partial charge is 0.444 e. The predicted molar refractivity (Wildman–Crippen MR) is 89.2 cm³/mol. The average molecular weight is 371 g/mol. The van der Waals surface area contributed by atoms with E-state index in [9.17, 15) is 4.79 Å². The van der Waals surface area contributed by atoms with E-state index in [1.165, 1.54) is 0 Å². The molecule has 1 amide bonds. The number of nitrogens with one attached hydrogen (secondary N) is 1. The summed E-state index contributed by atoms with van der Waals surface area (Å²) in [5.41, 5.74) is -0.110. The molecule has 0 aromatic carbocycles. The first-order chi connectivity index (χ1) is 9.70. The van der Waals surface area contributed by atoms with E-state index in [2.05, 4.69) is 26.2 Å². The van der Waals surface area contributed by atoms with Gasteiger partial charge >= 0.3 is 6.09 Å². The third-order valence-corrected chi connectivity index (χ3v) is 4.73. The highest BCUT2D eigenvalue weighted by Crippen LogP contribution is 2.44. The second kappa shape index (κ2) is 6.01. The Bertz CT molecular complexity index is 554. The Morgan fingerprint density at radius 3 is 2.76 bits per heavy atom. The summed E-state index contributed by atoms with van der Waals surface area (Å²) < 4.78 is 6.28. The summed E-state index contributed by atoms with van der Waals surface area (Å²) in [4.78, 5) is 16.5. The number of halogens is 1. The van der Waals surface area contributed by atoms with Gasteiger partial charge in [-0.05, 0) is 61.2 Å². The van der Waals surface area contributed by atoms with E-state index >= 15 is 0 Å². The fraction of sp³-hybridized carbons (Fsp3) is 0.467. The molecule has 0 fully saturated rings. The number of aromatic nitrogens is 1. The first-order valence-electron chi connectivity index (χ1n) is 6.65. The average Bonchev–Trinajstić information content (AvgIpc) is 2.69. The molecule has 0 bridgehead atoms. The molecule has 0 spiro atoms. The summed E-state index contributed by atoms with van der Waals surface area (Å²) in [7, 11) is 0. The first kappa shape index (κ1) is 16.4. The number of thioether (sulfide) groups is 1. The van der Waals surface area contributed by atoms with Gasteiger partial charge < -0.3 is 10.1 Å². The van der Waals surface area contributed by atoms with E-state index in [1.54, 1.807) is 18.0 Å². The molecule has 2 atom stereocenters. The molecule has 0 aliphatic carbocycles. The van der Waals surface area contributed by atoms with Gasteiger partial charge in [0.05, 0.1) is 16.5 Å². The van der Waals surface area contributed by atoms with Crippen LogP contribution in [0.25, 0.3) is 0 Å². The summed E-state index contributed by atoms with van der Waals surface area (Å²) in [5.74, 6) is 0. The fourth-order valence-electron chi connectivity index (χ4n) is 2.04. The highest BCUT2D eigenvalue weighted by molar-refractivity contribution is 9.10. The number of hydrogen-bond donors (Lipinski definition) is 1. The molecular weight excluding hydrogens is 352 g/mol. The van der Waals surface area contributed by atoms with Crippen molar-refractivity contribution in [1.82, 2.24) is 10.3 Å². The van der Waals surface area contributed by atoms with Crippen LogP contribution in [0.2, 0.25) is 0 Å². The van der Waals surface area contributed by atoms with E-state index in [1.807, 2.05) is 51.3 Å². The molecule has 1 aromatic rings. The highest BCUT2D eigenvalue weighted by Gasteiger charge is 2.40. The number of pyridine rings is 1. The van der Waals surface area contributed by atoms with Crippen molar-refractivity contribution >= 4 is 33.8 Å². The van der Waals surface area contributed by atoms with Gasteiger partial charge in [0.1, 0.15) is 5.60 Å². The van der Waals surface area contributed by atoms with Gasteiger partial charge in [0.15, 0.2) is 0 Å². The van der Waals surface area contributed by atoms with Crippen LogP contribution in [0.3, 0.4) is 0 Å². The molecule has 21 heavy (non-hydrogen) atoms. The Kier molecular flexibility index (Phi) is 4.68. The lowest BCUT2D eigenvalue weighted by Gasteiger charge is -2.32. The van der Waals surface area contributed by atoms with Gasteiger partial charge in [0, 0.05) is 10.7 Å². The monoisotopic (exact) mass is 370 g/mol. The summed E-state index contributed by atoms with van der Waals surface area (Å²) in [5, 5.41) is 4.97. The minimum Gasteiger partial charge on any atom is -0.444 e. The van der Waals surface area contributed by atoms with E-state index in [0.29, 0.717) is 0 Å². The van der Waals surface area contributed by atoms with Crippen molar-refractivity contribution in [2.45, 2.75) is 44.1 Å². The lowest BCUT2D eigenvalue weighted by atomic mass is 9.95. The zero-order chi connectivity index (χ0) is 15.7. The van der Waals surface area contributed by atoms with Gasteiger partial charge in [0.2, 0.25) is 0 Å². The molecule has 0 saturated carbocycles. The summed E-state index contributed by atoms with van der Waals surface area (Å²) in [6.07, 6.45) is 3.33. The molecule has 1 aliphatic rings. The lowest BCUT2D eigenvalue weighted by molar-refractivity contribution is 0.0484. The summed E-state index contributed by atoms with van der Waals surface area (Å²) in [6.45, 7) is 7.52. The Morgan fingerprint density at radius 1 is 1.48 bits per heavy atom. The van der Waals surface area contributed by atoms with Crippen LogP contribution in [-0.4, -0.2) is 22.2 Å². The van der Waals surface area contributed by atoms with Gasteiger partial charge in [-0.3, -0.25) is 4.98 Å². The van der Waals surface area contributed by atoms with Crippen LogP contribution in [0.5, 0.6) is 0 Å². The van der Waals surface area contributed by atoms with Gasteiger partial charge in [0.25, 0.3) is 0 Å². The van der Waals surface area contributed by atoms with E-state index in [4.69, 9.17) is 4.74 Å². The van der Waals surface area contributed by atoms with Gasteiger partial charge in [-0.2, -0.15) is 0 Å². The van der Waals surface area contributed by atoms with E-state index in [-0.39, 0.29) is 5.25 Å². The number of carbonyl (C=O) groups is 1. The lowest BCUT2D eigenvalue weighted by Crippen LogP contribution is -2.48. The predicted octanol–water partition coefficient (Wildman–Crippen LogP) is 4.43. The van der Waals surface area contributed by atoms with E-state index in [0.717, 1.165) is 10.2 Å². The number of alkyl carbamates (subject to hydrolysis) is 1. The molecule has 6 heteroatoms. The minimum atomic E-state index is -0.520. The van der Waals surface area contributed by atoms with Crippen LogP contribution in [-0.2, 0) is 4.74 Å². The zero-order valence-electron chi connectivity index (χ0n) is 12.5. The van der Waals surface area contributed by atoms with Gasteiger partial charge in [-0.25, -0.2) is 4.79 Å². The third-order valence-electron chi connectivity index (χ3n) is 2.96. The number of ether oxygens (including phenoxy) is 1. The smallest absolute Gasteiger partial charge is 0.408 e. The standard InChI is InChI=1S/C15H19BrN2O2S/c1-14(2,3)20-13(19)18-15(4)7-8-21-12(15)11-6-5-10(16)9-17-11/h5-9,12H,1-4H3,(H,18,19)/t12?,15-/m0/s1. The van der Waals surface area contributed by atoms with Crippen molar-refractivity contribution in [2.24, 2.45) is 0 Å². The van der Waals surface area contributed by atoms with Crippen LogP contribution in [0.15, 0.2) is 34.3 Å². The van der Waals surface area contributed by atoms with Crippen LogP contribution < -0.4 is 5.32 Å². The van der Waals surface area contributed by atoms with Crippen LogP contribution in [0.4, 0.5) is 4.79 Å². The Labute approximate surface area is 137 Å². The molecule has 4 nitrogen and oxygen atoms in total. The maximum absolute atomic E-state index is 12.0. The van der Waals surface area contributed by atoms with Crippen molar-refractivity contribution in [1.29, 1.82) is 0 Å². The second-order valence-electron chi connectivity index (χ2n) is 6.13. The fourth-order valence-corrected chi connectivity index (χ4v) is 3.49. The third kappa shape index (κ3) is 4.23. The molecular formula is C15H19BrN2O2S. The number of amides is 1. The quantitative estimate of drug-likeness (QED) is 0.836. The zero-order valence-corrected chi connectivity index (χ0v) is 14.9. The molecule has 114 valence electrons. The number of rotatable bonds is 2. The summed E-state index contributed by atoms with van der Waals surface area (Å²) in [6, 6.07) is 3.92. The van der Waals surface area contributed by atoms with Crippen LogP contribution in [0, 0.1) is 0 Å². The van der Waals surface area contributed by atoms with Crippen molar-refractivity contribution in [3.8, 4) is 0 Å². The molecule has 0 radical (unpaired) electrons. The van der Waals surface area contributed by atoms with Crippen LogP contribution >= 0.6 is 27.7 Å². The minimum absolute atomic E-state index is 0.0260. The maximum atomic E-state index is 12.0. The normalized spacial score (nSPS) is 24.9. The molecule has 0 saturated heterocycles. The highest BCUT2D eigenvalue weighted by atomic mass is 79.9. The van der Waals surface area contributed by atoms with Crippen molar-refractivity contribution in [3.63, 3.8) is 0 Å². The van der Waals surface area contributed by atoms with Crippen molar-refractivity contribution < 1.29 is 9.53 Å². The molecule has 2 rings (SSSR count). The molecule has 1 unspecified atom stereocenters. The first-order valence-corrected chi connectivity index (χ1v) is 8.39. The molecule has 1 aromatic heterocycles. The topological polar surface area (TPSA) is 51.2 Å². The van der Waals surface area contributed by atoms with Gasteiger partial charge in [-0.15, -0.1) is 11.8 Å². The maximum Gasteiger partial charge on any atom is 0.408 e. The Balaban J connectivity index is 2.14. The summed E-state index contributed by atoms with van der Waals surface area (Å²) >= 11 is 5.02. The second-order valence-corrected chi connectivity index (χ2v) is 8.06. The van der Waals surface area contributed by atoms with E-state index < -0.39 is 17.2 Å². The van der Waals surface area contributed by atoms with Gasteiger partial charge in [-0.1, -0.05) is 6.08 Å². The molecule has 1 N–H and O–H groups in total. The number of hydrogen-bond acceptors (Lipinski definition) is 4. The molecule has 1 aliphatic heterocycles. The Hall–Kier alpha value is -1.01. The SMILES string of the molecule is CC(C)(C)OC(=O)N[C@@]1(C)C=CSC1c1ccc(Br)cn1. The molecule has 2 heterocycles. The number of nitrogens with zero attached hydrogens (tertiary/aromatic N) is 1.